The number of hydrogen-bond acceptors (Lipinski definition) is 6. The van der Waals surface area contributed by atoms with E-state index in [1.165, 1.54) is 18.9 Å². The topological polar surface area (TPSA) is 85.3 Å². The van der Waals surface area contributed by atoms with Gasteiger partial charge in [-0.1, -0.05) is 29.3 Å². The number of aliphatic hydroxyl groups is 1. The van der Waals surface area contributed by atoms with Gasteiger partial charge in [-0.25, -0.2) is 0 Å². The lowest BCUT2D eigenvalue weighted by atomic mass is 9.97. The average molecular weight is 454 g/mol. The van der Waals surface area contributed by atoms with Gasteiger partial charge in [0, 0.05) is 19.4 Å². The maximum absolute atomic E-state index is 13.1. The van der Waals surface area contributed by atoms with Crippen molar-refractivity contribution in [1.29, 1.82) is 0 Å². The maximum atomic E-state index is 13.1. The third-order valence-electron chi connectivity index (χ3n) is 4.70. The normalized spacial score (nSPS) is 18.4. The van der Waals surface area contributed by atoms with Gasteiger partial charge in [-0.2, -0.15) is 0 Å². The SMILES string of the molecule is COc1ccc(N2C(=O)C(c3ccc(Cl)c(Cl)c3)CC2O)cc1OCCOC(C)=O. The van der Waals surface area contributed by atoms with Gasteiger partial charge in [-0.15, -0.1) is 0 Å². The van der Waals surface area contributed by atoms with E-state index in [0.717, 1.165) is 0 Å². The summed E-state index contributed by atoms with van der Waals surface area (Å²) in [5.74, 6) is -0.413. The van der Waals surface area contributed by atoms with Crippen LogP contribution in [0.15, 0.2) is 36.4 Å². The van der Waals surface area contributed by atoms with E-state index in [9.17, 15) is 14.7 Å². The number of anilines is 1. The quantitative estimate of drug-likeness (QED) is 0.507. The molecule has 1 heterocycles. The highest BCUT2D eigenvalue weighted by atomic mass is 35.5. The highest BCUT2D eigenvalue weighted by molar-refractivity contribution is 6.42. The minimum absolute atomic E-state index is 0.0768. The molecule has 0 aromatic heterocycles. The number of halogens is 2. The Labute approximate surface area is 184 Å². The second-order valence-electron chi connectivity index (χ2n) is 6.67. The van der Waals surface area contributed by atoms with Gasteiger partial charge in [0.15, 0.2) is 11.5 Å². The Morgan fingerprint density at radius 2 is 1.90 bits per heavy atom. The first kappa shape index (κ1) is 22.2. The lowest BCUT2D eigenvalue weighted by Gasteiger charge is -2.22. The van der Waals surface area contributed by atoms with Crippen LogP contribution in [0.1, 0.15) is 24.8 Å². The molecule has 1 N–H and O–H groups in total. The molecule has 0 radical (unpaired) electrons. The molecule has 1 aliphatic rings. The summed E-state index contributed by atoms with van der Waals surface area (Å²) in [7, 11) is 1.49. The van der Waals surface area contributed by atoms with E-state index in [1.807, 2.05) is 0 Å². The van der Waals surface area contributed by atoms with Crippen molar-refractivity contribution in [2.24, 2.45) is 0 Å². The van der Waals surface area contributed by atoms with Gasteiger partial charge < -0.3 is 19.3 Å². The zero-order valence-corrected chi connectivity index (χ0v) is 17.9. The van der Waals surface area contributed by atoms with Crippen molar-refractivity contribution in [2.75, 3.05) is 25.2 Å². The molecule has 2 aromatic carbocycles. The van der Waals surface area contributed by atoms with Crippen LogP contribution in [0.2, 0.25) is 10.0 Å². The molecule has 1 fully saturated rings. The molecule has 2 atom stereocenters. The van der Waals surface area contributed by atoms with Crippen molar-refractivity contribution < 1.29 is 28.9 Å². The fraction of sp³-hybridized carbons (Fsp3) is 0.333. The van der Waals surface area contributed by atoms with Crippen LogP contribution in [0.5, 0.6) is 11.5 Å². The summed E-state index contributed by atoms with van der Waals surface area (Å²) >= 11 is 12.0. The van der Waals surface area contributed by atoms with Crippen LogP contribution in [0.3, 0.4) is 0 Å². The largest absolute Gasteiger partial charge is 0.493 e. The number of methoxy groups -OCH3 is 1. The van der Waals surface area contributed by atoms with Crippen LogP contribution in [0.25, 0.3) is 0 Å². The second kappa shape index (κ2) is 9.55. The van der Waals surface area contributed by atoms with Crippen molar-refractivity contribution in [3.63, 3.8) is 0 Å². The Bertz CT molecular complexity index is 951. The van der Waals surface area contributed by atoms with Crippen molar-refractivity contribution in [1.82, 2.24) is 0 Å². The van der Waals surface area contributed by atoms with E-state index in [0.29, 0.717) is 32.8 Å². The predicted molar refractivity (Wildman–Crippen MR) is 112 cm³/mol. The molecule has 160 valence electrons. The monoisotopic (exact) mass is 453 g/mol. The molecule has 3 rings (SSSR count). The minimum Gasteiger partial charge on any atom is -0.493 e. The molecule has 1 amide bonds. The highest BCUT2D eigenvalue weighted by Crippen LogP contribution is 2.40. The number of aliphatic hydroxyl groups excluding tert-OH is 1. The molecule has 0 bridgehead atoms. The molecule has 9 heteroatoms. The van der Waals surface area contributed by atoms with Crippen molar-refractivity contribution in [3.8, 4) is 11.5 Å². The number of hydrogen-bond donors (Lipinski definition) is 1. The lowest BCUT2D eigenvalue weighted by molar-refractivity contribution is -0.141. The van der Waals surface area contributed by atoms with Crippen molar-refractivity contribution >= 4 is 40.8 Å². The highest BCUT2D eigenvalue weighted by Gasteiger charge is 2.40. The summed E-state index contributed by atoms with van der Waals surface area (Å²) in [5, 5.41) is 11.3. The lowest BCUT2D eigenvalue weighted by Crippen LogP contribution is -2.33. The molecular weight excluding hydrogens is 433 g/mol. The summed E-state index contributed by atoms with van der Waals surface area (Å²) in [6, 6.07) is 9.90. The first-order chi connectivity index (χ1) is 14.3. The standard InChI is InChI=1S/C21H21Cl2NO6/c1-12(25)29-7-8-30-19-10-14(4-6-18(19)28-2)24-20(26)11-15(21(24)27)13-3-5-16(22)17(23)9-13/h3-6,9-10,15,20,26H,7-8,11H2,1-2H3. The van der Waals surface area contributed by atoms with Crippen LogP contribution in [0.4, 0.5) is 5.69 Å². The van der Waals surface area contributed by atoms with E-state index in [2.05, 4.69) is 0 Å². The second-order valence-corrected chi connectivity index (χ2v) is 7.49. The van der Waals surface area contributed by atoms with Crippen LogP contribution >= 0.6 is 23.2 Å². The fourth-order valence-electron chi connectivity index (χ4n) is 3.30. The fourth-order valence-corrected chi connectivity index (χ4v) is 3.61. The molecule has 0 aliphatic carbocycles. The van der Waals surface area contributed by atoms with E-state index >= 15 is 0 Å². The Morgan fingerprint density at radius 1 is 1.13 bits per heavy atom. The molecule has 2 unspecified atom stereocenters. The zero-order chi connectivity index (χ0) is 21.8. The van der Waals surface area contributed by atoms with Gasteiger partial charge in [0.05, 0.1) is 28.8 Å². The summed E-state index contributed by atoms with van der Waals surface area (Å²) in [4.78, 5) is 25.3. The van der Waals surface area contributed by atoms with Crippen LogP contribution in [0, 0.1) is 0 Å². The number of carbonyl (C=O) groups excluding carboxylic acids is 2. The molecular formula is C21H21Cl2NO6. The number of ether oxygens (including phenoxy) is 3. The average Bonchev–Trinajstić information content (AvgIpc) is 3.01. The first-order valence-electron chi connectivity index (χ1n) is 9.22. The van der Waals surface area contributed by atoms with Crippen LogP contribution in [-0.2, 0) is 14.3 Å². The van der Waals surface area contributed by atoms with Gasteiger partial charge in [-0.3, -0.25) is 14.5 Å². The van der Waals surface area contributed by atoms with E-state index in [-0.39, 0.29) is 25.5 Å². The van der Waals surface area contributed by atoms with E-state index in [4.69, 9.17) is 37.4 Å². The number of benzene rings is 2. The van der Waals surface area contributed by atoms with Crippen LogP contribution < -0.4 is 14.4 Å². The number of nitrogens with zero attached hydrogens (tertiary/aromatic N) is 1. The van der Waals surface area contributed by atoms with E-state index < -0.39 is 18.1 Å². The smallest absolute Gasteiger partial charge is 0.302 e. The predicted octanol–water partition coefficient (Wildman–Crippen LogP) is 3.78. The molecule has 0 saturated carbocycles. The molecule has 0 spiro atoms. The van der Waals surface area contributed by atoms with Gasteiger partial charge in [-0.05, 0) is 29.8 Å². The van der Waals surface area contributed by atoms with Gasteiger partial charge in [0.1, 0.15) is 19.4 Å². The zero-order valence-electron chi connectivity index (χ0n) is 16.4. The summed E-state index contributed by atoms with van der Waals surface area (Å²) in [6.45, 7) is 1.50. The number of esters is 1. The Balaban J connectivity index is 1.81. The van der Waals surface area contributed by atoms with Crippen molar-refractivity contribution in [2.45, 2.75) is 25.5 Å². The summed E-state index contributed by atoms with van der Waals surface area (Å²) in [6.07, 6.45) is -0.801. The van der Waals surface area contributed by atoms with Gasteiger partial charge in [0.2, 0.25) is 5.91 Å². The van der Waals surface area contributed by atoms with Crippen molar-refractivity contribution in [3.05, 3.63) is 52.0 Å². The Kier molecular flexibility index (Phi) is 7.07. The Morgan fingerprint density at radius 3 is 2.57 bits per heavy atom. The van der Waals surface area contributed by atoms with E-state index in [1.54, 1.807) is 36.4 Å². The number of carbonyl (C=O) groups is 2. The first-order valence-corrected chi connectivity index (χ1v) is 9.97. The van der Waals surface area contributed by atoms with Gasteiger partial charge in [0.25, 0.3) is 0 Å². The number of amides is 1. The van der Waals surface area contributed by atoms with Crippen LogP contribution in [-0.4, -0.2) is 43.5 Å². The summed E-state index contributed by atoms with van der Waals surface area (Å²) in [5.41, 5.74) is 1.14. The molecule has 7 nitrogen and oxygen atoms in total. The Hall–Kier alpha value is -2.48. The minimum atomic E-state index is -1.01. The number of rotatable bonds is 7. The summed E-state index contributed by atoms with van der Waals surface area (Å²) < 4.78 is 15.8. The maximum Gasteiger partial charge on any atom is 0.302 e. The third kappa shape index (κ3) is 4.80. The molecule has 1 saturated heterocycles. The molecule has 30 heavy (non-hydrogen) atoms. The third-order valence-corrected chi connectivity index (χ3v) is 5.44. The molecule has 2 aromatic rings. The molecule has 1 aliphatic heterocycles. The van der Waals surface area contributed by atoms with Gasteiger partial charge >= 0.3 is 5.97 Å².